The van der Waals surface area contributed by atoms with Crippen LogP contribution < -0.4 is 4.74 Å². The summed E-state index contributed by atoms with van der Waals surface area (Å²) in [7, 11) is 2.18. The number of thiophene rings is 1. The van der Waals surface area contributed by atoms with Gasteiger partial charge in [-0.15, -0.1) is 11.3 Å². The second kappa shape index (κ2) is 8.99. The Morgan fingerprint density at radius 1 is 1.31 bits per heavy atom. The van der Waals surface area contributed by atoms with E-state index >= 15 is 0 Å². The number of piperidine rings is 1. The first kappa shape index (κ1) is 20.0. The fourth-order valence-electron chi connectivity index (χ4n) is 3.91. The van der Waals surface area contributed by atoms with Crippen LogP contribution in [0.2, 0.25) is 0 Å². The second-order valence-electron chi connectivity index (χ2n) is 7.66. The van der Waals surface area contributed by atoms with Crippen LogP contribution in [0, 0.1) is 17.2 Å². The fourth-order valence-corrected chi connectivity index (χ4v) is 4.63. The summed E-state index contributed by atoms with van der Waals surface area (Å²) in [6.45, 7) is 2.51. The summed E-state index contributed by atoms with van der Waals surface area (Å²) < 4.78 is 11.5. The molecule has 2 aromatic heterocycles. The number of aromatic nitrogens is 1. The van der Waals surface area contributed by atoms with Gasteiger partial charge in [-0.25, -0.2) is 0 Å². The average molecular weight is 409 g/mol. The van der Waals surface area contributed by atoms with Crippen LogP contribution in [0.5, 0.6) is 5.75 Å². The molecule has 0 aliphatic carbocycles. The van der Waals surface area contributed by atoms with E-state index < -0.39 is 0 Å². The van der Waals surface area contributed by atoms with Gasteiger partial charge in [0.2, 0.25) is 0 Å². The van der Waals surface area contributed by atoms with Crippen LogP contribution in [0.25, 0.3) is 11.0 Å². The lowest BCUT2D eigenvalue weighted by molar-refractivity contribution is 0.259. The molecule has 3 aromatic rings. The minimum atomic E-state index is -0.176. The molecular formula is C21H24BN3O3S. The molecule has 4 rings (SSSR count). The normalized spacial score (nSPS) is 15.6. The van der Waals surface area contributed by atoms with Gasteiger partial charge in [0.1, 0.15) is 23.3 Å². The number of benzene rings is 1. The molecule has 150 valence electrons. The molecule has 0 atom stereocenters. The molecule has 1 aliphatic heterocycles. The lowest BCUT2D eigenvalue weighted by Gasteiger charge is -2.29. The standard InChI is InChI=1S/C21H24BN3O3S/c22-25-9-7-14(8-10-25)1-5-19-17-4-6-20(18(12-26)21(17)28-24-19)27-13-16-3-2-15(11-23)29-16/h2-4,6,14,26H,1,5,7-10,12-13,22H2. The lowest BCUT2D eigenvalue weighted by atomic mass is 9.90. The van der Waals surface area contributed by atoms with Gasteiger partial charge in [-0.1, -0.05) is 5.16 Å². The maximum Gasteiger partial charge on any atom is 0.185 e. The van der Waals surface area contributed by atoms with E-state index in [4.69, 9.17) is 14.5 Å². The zero-order valence-corrected chi connectivity index (χ0v) is 17.4. The number of nitrogens with zero attached hydrogens (tertiary/aromatic N) is 3. The van der Waals surface area contributed by atoms with Crippen molar-refractivity contribution in [2.45, 2.75) is 38.9 Å². The van der Waals surface area contributed by atoms with Gasteiger partial charge >= 0.3 is 0 Å². The van der Waals surface area contributed by atoms with Crippen LogP contribution in [0.15, 0.2) is 28.8 Å². The monoisotopic (exact) mass is 409 g/mol. The van der Waals surface area contributed by atoms with E-state index in [1.54, 1.807) is 6.07 Å². The maximum atomic E-state index is 9.91. The van der Waals surface area contributed by atoms with Gasteiger partial charge in [0.05, 0.1) is 17.9 Å². The fraction of sp³-hybridized carbons (Fsp3) is 0.429. The van der Waals surface area contributed by atoms with Crippen molar-refractivity contribution in [1.29, 1.82) is 5.26 Å². The van der Waals surface area contributed by atoms with Crippen LogP contribution in [-0.2, 0) is 19.6 Å². The summed E-state index contributed by atoms with van der Waals surface area (Å²) in [5.74, 6) is 1.33. The van der Waals surface area contributed by atoms with Gasteiger partial charge in [0.15, 0.2) is 13.6 Å². The van der Waals surface area contributed by atoms with Crippen molar-refractivity contribution in [2.75, 3.05) is 13.1 Å². The first-order valence-corrected chi connectivity index (χ1v) is 10.8. The molecule has 29 heavy (non-hydrogen) atoms. The van der Waals surface area contributed by atoms with Crippen LogP contribution in [0.4, 0.5) is 0 Å². The first-order valence-electron chi connectivity index (χ1n) is 9.99. The molecule has 0 saturated carbocycles. The van der Waals surface area contributed by atoms with Crippen molar-refractivity contribution in [3.8, 4) is 11.8 Å². The molecule has 0 spiro atoms. The Hall–Kier alpha value is -2.34. The Kier molecular flexibility index (Phi) is 6.19. The van der Waals surface area contributed by atoms with Crippen LogP contribution in [0.3, 0.4) is 0 Å². The Labute approximate surface area is 175 Å². The van der Waals surface area contributed by atoms with E-state index in [1.807, 2.05) is 18.2 Å². The van der Waals surface area contributed by atoms with Crippen molar-refractivity contribution >= 4 is 30.3 Å². The molecule has 1 N–H and O–H groups in total. The highest BCUT2D eigenvalue weighted by molar-refractivity contribution is 7.12. The predicted octanol–water partition coefficient (Wildman–Crippen LogP) is 3.02. The molecule has 0 unspecified atom stereocenters. The Bertz CT molecular complexity index is 1020. The third-order valence-corrected chi connectivity index (χ3v) is 6.67. The molecule has 0 bridgehead atoms. The highest BCUT2D eigenvalue weighted by Crippen LogP contribution is 2.32. The Morgan fingerprint density at radius 2 is 2.14 bits per heavy atom. The third kappa shape index (κ3) is 4.48. The van der Waals surface area contributed by atoms with E-state index in [9.17, 15) is 5.11 Å². The minimum absolute atomic E-state index is 0.176. The van der Waals surface area contributed by atoms with E-state index in [-0.39, 0.29) is 6.61 Å². The first-order chi connectivity index (χ1) is 14.2. The van der Waals surface area contributed by atoms with Crippen LogP contribution in [-0.4, -0.2) is 36.1 Å². The number of aliphatic hydroxyl groups is 1. The molecule has 3 heterocycles. The van der Waals surface area contributed by atoms with Gasteiger partial charge < -0.3 is 19.2 Å². The summed E-state index contributed by atoms with van der Waals surface area (Å²) in [4.78, 5) is 4.00. The zero-order chi connectivity index (χ0) is 20.2. The molecule has 1 aromatic carbocycles. The molecule has 8 heteroatoms. The van der Waals surface area contributed by atoms with Crippen molar-refractivity contribution < 1.29 is 14.4 Å². The van der Waals surface area contributed by atoms with E-state index in [1.165, 1.54) is 37.3 Å². The smallest absolute Gasteiger partial charge is 0.185 e. The van der Waals surface area contributed by atoms with Crippen molar-refractivity contribution in [3.63, 3.8) is 0 Å². The summed E-state index contributed by atoms with van der Waals surface area (Å²) in [6.07, 6.45) is 4.48. The number of ether oxygens (including phenoxy) is 1. The quantitative estimate of drug-likeness (QED) is 0.604. The number of aryl methyl sites for hydroxylation is 1. The molecule has 1 saturated heterocycles. The summed E-state index contributed by atoms with van der Waals surface area (Å²) >= 11 is 1.41. The van der Waals surface area contributed by atoms with Gasteiger partial charge in [0.25, 0.3) is 0 Å². The van der Waals surface area contributed by atoms with E-state index in [0.29, 0.717) is 28.4 Å². The predicted molar refractivity (Wildman–Crippen MR) is 114 cm³/mol. The SMILES string of the molecule is BN1CCC(CCc2noc3c(CO)c(OCc4ccc(C#N)s4)ccc23)CC1. The number of hydrogen-bond acceptors (Lipinski definition) is 7. The summed E-state index contributed by atoms with van der Waals surface area (Å²) in [5.41, 5.74) is 2.18. The van der Waals surface area contributed by atoms with E-state index in [0.717, 1.165) is 34.7 Å². The van der Waals surface area contributed by atoms with Crippen molar-refractivity contribution in [1.82, 2.24) is 9.97 Å². The maximum absolute atomic E-state index is 9.91. The minimum Gasteiger partial charge on any atom is -0.488 e. The molecule has 1 aliphatic rings. The number of rotatable bonds is 7. The molecule has 0 radical (unpaired) electrons. The number of hydrogen-bond donors (Lipinski definition) is 1. The highest BCUT2D eigenvalue weighted by Gasteiger charge is 2.20. The van der Waals surface area contributed by atoms with Gasteiger partial charge in [-0.05, 0) is 69.0 Å². The molecule has 0 amide bonds. The van der Waals surface area contributed by atoms with Gasteiger partial charge in [0, 0.05) is 10.3 Å². The molecular weight excluding hydrogens is 385 g/mol. The number of aliphatic hydroxyl groups excluding tert-OH is 1. The molecule has 1 fully saturated rings. The largest absolute Gasteiger partial charge is 0.488 e. The van der Waals surface area contributed by atoms with Crippen LogP contribution >= 0.6 is 11.3 Å². The van der Waals surface area contributed by atoms with Gasteiger partial charge in [-0.2, -0.15) is 5.26 Å². The van der Waals surface area contributed by atoms with Crippen molar-refractivity contribution in [3.05, 3.63) is 45.3 Å². The average Bonchev–Trinajstić information content (AvgIpc) is 3.38. The van der Waals surface area contributed by atoms with Gasteiger partial charge in [-0.3, -0.25) is 0 Å². The summed E-state index contributed by atoms with van der Waals surface area (Å²) in [6, 6.07) is 9.65. The Morgan fingerprint density at radius 3 is 2.86 bits per heavy atom. The summed E-state index contributed by atoms with van der Waals surface area (Å²) in [5, 5.41) is 24.1. The highest BCUT2D eigenvalue weighted by atomic mass is 32.1. The topological polar surface area (TPSA) is 82.5 Å². The molecule has 6 nitrogen and oxygen atoms in total. The second-order valence-corrected chi connectivity index (χ2v) is 8.83. The number of fused-ring (bicyclic) bond motifs is 1. The number of nitriles is 1. The Balaban J connectivity index is 1.46. The van der Waals surface area contributed by atoms with Crippen LogP contribution in [0.1, 0.15) is 40.3 Å². The third-order valence-electron chi connectivity index (χ3n) is 5.70. The lowest BCUT2D eigenvalue weighted by Crippen LogP contribution is -2.31. The zero-order valence-electron chi connectivity index (χ0n) is 16.6. The van der Waals surface area contributed by atoms with E-state index in [2.05, 4.69) is 24.0 Å². The van der Waals surface area contributed by atoms with Crippen molar-refractivity contribution in [2.24, 2.45) is 5.92 Å².